The molecule has 0 amide bonds. The Morgan fingerprint density at radius 3 is 1.68 bits per heavy atom. The zero-order valence-electron chi connectivity index (χ0n) is 39.1. The average Bonchev–Trinajstić information content (AvgIpc) is 4.16. The van der Waals surface area contributed by atoms with E-state index in [1.54, 1.807) is 0 Å². The van der Waals surface area contributed by atoms with Crippen molar-refractivity contribution in [3.8, 4) is 78.7 Å². The van der Waals surface area contributed by atoms with Crippen LogP contribution in [0.3, 0.4) is 0 Å². The molecular weight excluding hydrogens is 911 g/mol. The maximum absolute atomic E-state index is 6.66. The molecule has 0 aliphatic rings. The van der Waals surface area contributed by atoms with E-state index in [-0.39, 0.29) is 0 Å². The monoisotopic (exact) mass is 949 g/mol. The lowest BCUT2D eigenvalue weighted by Crippen LogP contribution is -2.01. The lowest BCUT2D eigenvalue weighted by molar-refractivity contribution is 0.669. The van der Waals surface area contributed by atoms with Gasteiger partial charge in [0.1, 0.15) is 22.3 Å². The second kappa shape index (κ2) is 16.6. The largest absolute Gasteiger partial charge is 0.456 e. The van der Waals surface area contributed by atoms with E-state index in [4.69, 9.17) is 23.8 Å². The van der Waals surface area contributed by atoms with Crippen LogP contribution in [-0.4, -0.2) is 15.0 Å². The fourth-order valence-electron chi connectivity index (χ4n) is 10.7. The van der Waals surface area contributed by atoms with E-state index in [0.717, 1.165) is 110 Å². The van der Waals surface area contributed by atoms with Crippen molar-refractivity contribution >= 4 is 86.2 Å². The molecule has 15 rings (SSSR count). The number of fused-ring (bicyclic) bond motifs is 10. The van der Waals surface area contributed by atoms with Crippen LogP contribution in [0.25, 0.3) is 153 Å². The van der Waals surface area contributed by atoms with Crippen molar-refractivity contribution in [3.05, 3.63) is 237 Å². The van der Waals surface area contributed by atoms with E-state index in [9.17, 15) is 0 Å². The summed E-state index contributed by atoms with van der Waals surface area (Å²) >= 11 is 1.84. The third kappa shape index (κ3) is 7.02. The molecule has 0 atom stereocenters. The molecule has 0 bridgehead atoms. The van der Waals surface area contributed by atoms with E-state index in [1.165, 1.54) is 25.7 Å². The SMILES string of the molecule is c1ccc(-c2cc(-c3ccccc3)cc(-c3nc(-c4ccc5ccc(-c6cccc7oc8cc(-c9ccc%10sc%11ccccc%11c%10c9)ccc8c67)cc5c4)nc(-c4cccc5c4oc4ccccc45)n3)c2)cc1. The summed E-state index contributed by atoms with van der Waals surface area (Å²) < 4.78 is 15.9. The first-order valence-corrected chi connectivity index (χ1v) is 25.3. The van der Waals surface area contributed by atoms with Gasteiger partial charge in [-0.3, -0.25) is 0 Å². The van der Waals surface area contributed by atoms with Gasteiger partial charge in [-0.05, 0) is 134 Å². The van der Waals surface area contributed by atoms with Crippen molar-refractivity contribution in [2.45, 2.75) is 0 Å². The quantitative estimate of drug-likeness (QED) is 0.159. The van der Waals surface area contributed by atoms with Gasteiger partial charge in [-0.1, -0.05) is 158 Å². The summed E-state index contributed by atoms with van der Waals surface area (Å²) in [7, 11) is 0. The smallest absolute Gasteiger partial charge is 0.167 e. The maximum Gasteiger partial charge on any atom is 0.167 e. The van der Waals surface area contributed by atoms with Gasteiger partial charge in [-0.15, -0.1) is 11.3 Å². The molecule has 0 fully saturated rings. The Morgan fingerprint density at radius 1 is 0.274 bits per heavy atom. The number of hydrogen-bond acceptors (Lipinski definition) is 6. The van der Waals surface area contributed by atoms with Crippen molar-refractivity contribution < 1.29 is 8.83 Å². The van der Waals surface area contributed by atoms with Gasteiger partial charge in [0.25, 0.3) is 0 Å². The number of para-hydroxylation sites is 2. The third-order valence-corrected chi connectivity index (χ3v) is 15.5. The predicted octanol–water partition coefficient (Wildman–Crippen LogP) is 18.9. The molecule has 6 heteroatoms. The molecule has 0 radical (unpaired) electrons. The zero-order chi connectivity index (χ0) is 48.0. The van der Waals surface area contributed by atoms with Crippen molar-refractivity contribution in [2.24, 2.45) is 0 Å². The molecular formula is C67H39N3O2S. The number of nitrogens with zero attached hydrogens (tertiary/aromatic N) is 3. The van der Waals surface area contributed by atoms with Crippen LogP contribution in [0.4, 0.5) is 0 Å². The van der Waals surface area contributed by atoms with Crippen LogP contribution in [0, 0.1) is 0 Å². The summed E-state index contributed by atoms with van der Waals surface area (Å²) in [6.07, 6.45) is 0. The van der Waals surface area contributed by atoms with E-state index in [1.807, 2.05) is 47.7 Å². The second-order valence-corrected chi connectivity index (χ2v) is 19.8. The van der Waals surface area contributed by atoms with E-state index in [2.05, 4.69) is 200 Å². The number of hydrogen-bond donors (Lipinski definition) is 0. The topological polar surface area (TPSA) is 65.0 Å². The van der Waals surface area contributed by atoms with Gasteiger partial charge in [0.05, 0.1) is 5.56 Å². The molecule has 15 aromatic rings. The predicted molar refractivity (Wildman–Crippen MR) is 303 cm³/mol. The molecule has 4 heterocycles. The van der Waals surface area contributed by atoms with Gasteiger partial charge in [0.15, 0.2) is 17.5 Å². The Hall–Kier alpha value is -9.49. The Labute approximate surface area is 422 Å². The molecule has 0 spiro atoms. The Morgan fingerprint density at radius 2 is 0.863 bits per heavy atom. The number of furan rings is 2. The van der Waals surface area contributed by atoms with Gasteiger partial charge in [0, 0.05) is 52.8 Å². The molecule has 0 aliphatic heterocycles. The van der Waals surface area contributed by atoms with Gasteiger partial charge >= 0.3 is 0 Å². The lowest BCUT2D eigenvalue weighted by atomic mass is 9.95. The number of rotatable bonds is 7. The zero-order valence-corrected chi connectivity index (χ0v) is 39.9. The van der Waals surface area contributed by atoms with Gasteiger partial charge < -0.3 is 8.83 Å². The highest BCUT2D eigenvalue weighted by atomic mass is 32.1. The number of thiophene rings is 1. The normalized spacial score (nSPS) is 11.8. The van der Waals surface area contributed by atoms with Crippen LogP contribution < -0.4 is 0 Å². The summed E-state index contributed by atoms with van der Waals surface area (Å²) in [5.74, 6) is 1.67. The summed E-state index contributed by atoms with van der Waals surface area (Å²) in [6.45, 7) is 0. The van der Waals surface area contributed by atoms with Crippen LogP contribution in [0.1, 0.15) is 0 Å². The Kier molecular flexibility index (Phi) is 9.37. The fourth-order valence-corrected chi connectivity index (χ4v) is 11.8. The summed E-state index contributed by atoms with van der Waals surface area (Å²) in [5.41, 5.74) is 14.7. The molecule has 73 heavy (non-hydrogen) atoms. The Bertz CT molecular complexity index is 4630. The highest BCUT2D eigenvalue weighted by Crippen LogP contribution is 2.42. The molecule has 340 valence electrons. The van der Waals surface area contributed by atoms with Gasteiger partial charge in [-0.2, -0.15) is 0 Å². The minimum Gasteiger partial charge on any atom is -0.456 e. The standard InChI is InChI=1S/C67H39N3O2S/c1-3-13-40(14-4-1)48-35-49(41-15-5-2-6-16-41)37-50(36-48)66-68-65(69-67(70-66)56-21-11-20-54-52-17-7-9-22-58(52)72-64(54)56)46-28-26-42-25-27-45(33-47(42)34-46)51-19-12-23-59-63(51)55-31-29-44(39-60(55)71-59)43-30-32-62-57(38-43)53-18-8-10-24-61(53)73-62/h1-39H. The van der Waals surface area contributed by atoms with Crippen LogP contribution >= 0.6 is 11.3 Å². The first kappa shape index (κ1) is 41.3. The molecule has 0 saturated carbocycles. The molecule has 0 saturated heterocycles. The summed E-state index contributed by atoms with van der Waals surface area (Å²) in [5, 5.41) is 9.00. The number of aromatic nitrogens is 3. The first-order valence-electron chi connectivity index (χ1n) is 24.5. The summed E-state index contributed by atoms with van der Waals surface area (Å²) in [4.78, 5) is 15.9. The van der Waals surface area contributed by atoms with Gasteiger partial charge in [-0.25, -0.2) is 15.0 Å². The fraction of sp³-hybridized carbons (Fsp3) is 0. The van der Waals surface area contributed by atoms with Crippen molar-refractivity contribution in [1.29, 1.82) is 0 Å². The minimum atomic E-state index is 0.534. The van der Waals surface area contributed by atoms with Crippen LogP contribution in [0.2, 0.25) is 0 Å². The molecule has 0 unspecified atom stereocenters. The first-order chi connectivity index (χ1) is 36.1. The minimum absolute atomic E-state index is 0.534. The maximum atomic E-state index is 6.66. The third-order valence-electron chi connectivity index (χ3n) is 14.3. The van der Waals surface area contributed by atoms with Crippen LogP contribution in [-0.2, 0) is 0 Å². The van der Waals surface area contributed by atoms with Crippen molar-refractivity contribution in [2.75, 3.05) is 0 Å². The van der Waals surface area contributed by atoms with Crippen molar-refractivity contribution in [1.82, 2.24) is 15.0 Å². The van der Waals surface area contributed by atoms with E-state index >= 15 is 0 Å². The van der Waals surface area contributed by atoms with Gasteiger partial charge in [0.2, 0.25) is 0 Å². The second-order valence-electron chi connectivity index (χ2n) is 18.7. The lowest BCUT2D eigenvalue weighted by Gasteiger charge is -2.13. The van der Waals surface area contributed by atoms with E-state index < -0.39 is 0 Å². The average molecular weight is 950 g/mol. The molecule has 0 aliphatic carbocycles. The highest BCUT2D eigenvalue weighted by Gasteiger charge is 2.20. The molecule has 5 nitrogen and oxygen atoms in total. The van der Waals surface area contributed by atoms with E-state index in [0.29, 0.717) is 17.5 Å². The molecule has 11 aromatic carbocycles. The summed E-state index contributed by atoms with van der Waals surface area (Å²) in [6, 6.07) is 83.5. The van der Waals surface area contributed by atoms with Crippen LogP contribution in [0.5, 0.6) is 0 Å². The molecule has 0 N–H and O–H groups in total. The highest BCUT2D eigenvalue weighted by molar-refractivity contribution is 7.25. The number of benzene rings is 11. The van der Waals surface area contributed by atoms with Crippen molar-refractivity contribution in [3.63, 3.8) is 0 Å². The molecule has 4 aromatic heterocycles. The van der Waals surface area contributed by atoms with Crippen LogP contribution in [0.15, 0.2) is 245 Å². The Balaban J connectivity index is 0.869.